The van der Waals surface area contributed by atoms with Gasteiger partial charge in [0.25, 0.3) is 0 Å². The van der Waals surface area contributed by atoms with E-state index in [0.29, 0.717) is 29.5 Å². The molecular formula is C31H37F2IN2O4. The quantitative estimate of drug-likeness (QED) is 0.262. The number of fused-ring (bicyclic) bond motifs is 3. The van der Waals surface area contributed by atoms with Crippen molar-refractivity contribution in [2.75, 3.05) is 0 Å². The van der Waals surface area contributed by atoms with Crippen LogP contribution in [-0.4, -0.2) is 38.9 Å². The van der Waals surface area contributed by atoms with Gasteiger partial charge in [-0.25, -0.2) is 22.9 Å². The van der Waals surface area contributed by atoms with Crippen LogP contribution in [0.5, 0.6) is 0 Å². The fraction of sp³-hybridized carbons (Fsp3) is 0.484. The van der Waals surface area contributed by atoms with Gasteiger partial charge in [-0.1, -0.05) is 31.9 Å². The SMILES string of the molecule is CCCC[C@H]1Cc2c(n(C(=O)OC(C)(C)C)c3c(F)cc(F)cc23)[C@H](c2ccc(I)cc2)N1C(=O)OC(C)(C)C. The molecule has 1 aromatic heterocycles. The van der Waals surface area contributed by atoms with Gasteiger partial charge >= 0.3 is 12.2 Å². The second kappa shape index (κ2) is 11.3. The molecule has 0 N–H and O–H groups in total. The van der Waals surface area contributed by atoms with Crippen molar-refractivity contribution >= 4 is 45.7 Å². The summed E-state index contributed by atoms with van der Waals surface area (Å²) in [5, 5.41) is 0.305. The van der Waals surface area contributed by atoms with Crippen LogP contribution in [0.4, 0.5) is 18.4 Å². The number of aromatic nitrogens is 1. The molecule has 0 spiro atoms. The predicted molar refractivity (Wildman–Crippen MR) is 160 cm³/mol. The molecule has 0 unspecified atom stereocenters. The maximum absolute atomic E-state index is 15.6. The fourth-order valence-corrected chi connectivity index (χ4v) is 5.67. The Hall–Kier alpha value is -2.69. The maximum Gasteiger partial charge on any atom is 0.419 e. The Balaban J connectivity index is 2.09. The Morgan fingerprint density at radius 1 is 0.975 bits per heavy atom. The van der Waals surface area contributed by atoms with Crippen LogP contribution in [0.25, 0.3) is 10.9 Å². The molecular weight excluding hydrogens is 629 g/mol. The molecule has 3 aromatic rings. The maximum atomic E-state index is 15.6. The number of ether oxygens (including phenoxy) is 2. The molecule has 0 radical (unpaired) electrons. The largest absolute Gasteiger partial charge is 0.444 e. The summed E-state index contributed by atoms with van der Waals surface area (Å²) in [6.45, 7) is 12.7. The van der Waals surface area contributed by atoms with Gasteiger partial charge in [0.2, 0.25) is 0 Å². The lowest BCUT2D eigenvalue weighted by Gasteiger charge is -2.43. The standard InChI is InChI=1S/C31H37F2IN2O4/c1-8-9-10-21-17-23-22-15-19(32)16-24(33)26(22)36(29(38)40-31(5,6)7)27(23)25(18-11-13-20(34)14-12-18)35(21)28(37)39-30(2,3)4/h11-16,21,25H,8-10,17H2,1-7H3/t21-,25-/m0/s1. The van der Waals surface area contributed by atoms with E-state index < -0.39 is 41.1 Å². The molecule has 0 fully saturated rings. The van der Waals surface area contributed by atoms with Crippen molar-refractivity contribution in [1.82, 2.24) is 9.47 Å². The minimum absolute atomic E-state index is 0.0589. The average Bonchev–Trinajstić information content (AvgIpc) is 3.14. The van der Waals surface area contributed by atoms with Crippen molar-refractivity contribution in [3.8, 4) is 0 Å². The third-order valence-corrected chi connectivity index (χ3v) is 7.47. The van der Waals surface area contributed by atoms with Crippen LogP contribution < -0.4 is 0 Å². The number of carbonyl (C=O) groups is 2. The highest BCUT2D eigenvalue weighted by Gasteiger charge is 2.45. The number of hydrogen-bond acceptors (Lipinski definition) is 4. The summed E-state index contributed by atoms with van der Waals surface area (Å²) in [6, 6.07) is 8.53. The highest BCUT2D eigenvalue weighted by Crippen LogP contribution is 2.45. The van der Waals surface area contributed by atoms with E-state index in [1.54, 1.807) is 46.4 Å². The van der Waals surface area contributed by atoms with Gasteiger partial charge < -0.3 is 9.47 Å². The van der Waals surface area contributed by atoms with Crippen LogP contribution in [0.3, 0.4) is 0 Å². The van der Waals surface area contributed by atoms with E-state index in [-0.39, 0.29) is 11.6 Å². The molecule has 1 aliphatic heterocycles. The summed E-state index contributed by atoms with van der Waals surface area (Å²) >= 11 is 2.20. The number of halogens is 3. The lowest BCUT2D eigenvalue weighted by atomic mass is 9.86. The molecule has 0 saturated heterocycles. The van der Waals surface area contributed by atoms with E-state index in [1.807, 2.05) is 24.3 Å². The van der Waals surface area contributed by atoms with Crippen molar-refractivity contribution in [3.63, 3.8) is 0 Å². The van der Waals surface area contributed by atoms with Gasteiger partial charge in [0.05, 0.1) is 11.2 Å². The topological polar surface area (TPSA) is 60.8 Å². The summed E-state index contributed by atoms with van der Waals surface area (Å²) in [7, 11) is 0. The lowest BCUT2D eigenvalue weighted by Crippen LogP contribution is -2.50. The number of hydrogen-bond donors (Lipinski definition) is 0. The van der Waals surface area contributed by atoms with Crippen molar-refractivity contribution in [1.29, 1.82) is 0 Å². The molecule has 216 valence electrons. The molecule has 4 rings (SSSR count). The predicted octanol–water partition coefficient (Wildman–Crippen LogP) is 8.75. The molecule has 0 bridgehead atoms. The van der Waals surface area contributed by atoms with Gasteiger partial charge in [0, 0.05) is 21.1 Å². The number of benzene rings is 2. The third-order valence-electron chi connectivity index (χ3n) is 6.75. The van der Waals surface area contributed by atoms with E-state index >= 15 is 4.39 Å². The normalized spacial score (nSPS) is 17.6. The number of carbonyl (C=O) groups excluding carboxylic acids is 2. The third kappa shape index (κ3) is 6.29. The monoisotopic (exact) mass is 666 g/mol. The second-order valence-corrected chi connectivity index (χ2v) is 13.6. The molecule has 40 heavy (non-hydrogen) atoms. The van der Waals surface area contributed by atoms with Crippen LogP contribution in [0.15, 0.2) is 36.4 Å². The van der Waals surface area contributed by atoms with Gasteiger partial charge in [0.1, 0.15) is 23.1 Å². The zero-order valence-corrected chi connectivity index (χ0v) is 26.3. The van der Waals surface area contributed by atoms with Crippen LogP contribution in [0, 0.1) is 15.2 Å². The first kappa shape index (κ1) is 30.3. The first-order valence-corrected chi connectivity index (χ1v) is 14.7. The van der Waals surface area contributed by atoms with Crippen LogP contribution in [0.1, 0.15) is 90.6 Å². The van der Waals surface area contributed by atoms with Gasteiger partial charge in [-0.2, -0.15) is 0 Å². The zero-order chi connectivity index (χ0) is 29.6. The van der Waals surface area contributed by atoms with E-state index in [0.717, 1.165) is 28.0 Å². The van der Waals surface area contributed by atoms with Gasteiger partial charge in [-0.15, -0.1) is 0 Å². The van der Waals surface area contributed by atoms with Crippen LogP contribution >= 0.6 is 22.6 Å². The molecule has 2 atom stereocenters. The van der Waals surface area contributed by atoms with Gasteiger partial charge in [-0.3, -0.25) is 4.90 Å². The van der Waals surface area contributed by atoms with Gasteiger partial charge in [-0.05, 0) is 106 Å². The second-order valence-electron chi connectivity index (χ2n) is 12.3. The highest BCUT2D eigenvalue weighted by molar-refractivity contribution is 14.1. The van der Waals surface area contributed by atoms with Crippen LogP contribution in [0.2, 0.25) is 0 Å². The minimum Gasteiger partial charge on any atom is -0.444 e. The van der Waals surface area contributed by atoms with E-state index in [1.165, 1.54) is 10.6 Å². The number of amides is 1. The lowest BCUT2D eigenvalue weighted by molar-refractivity contribution is 0.00326. The Labute approximate surface area is 248 Å². The molecule has 2 aromatic carbocycles. The Kier molecular flexibility index (Phi) is 8.55. The Morgan fingerprint density at radius 2 is 1.57 bits per heavy atom. The van der Waals surface area contributed by atoms with E-state index in [4.69, 9.17) is 9.47 Å². The van der Waals surface area contributed by atoms with E-state index in [2.05, 4.69) is 29.5 Å². The zero-order valence-electron chi connectivity index (χ0n) is 24.1. The molecule has 9 heteroatoms. The van der Waals surface area contributed by atoms with Crippen molar-refractivity contribution < 1.29 is 27.8 Å². The minimum atomic E-state index is -0.876. The molecule has 6 nitrogen and oxygen atoms in total. The van der Waals surface area contributed by atoms with Crippen molar-refractivity contribution in [3.05, 3.63) is 68.4 Å². The number of unbranched alkanes of at least 4 members (excludes halogenated alkanes) is 1. The smallest absolute Gasteiger partial charge is 0.419 e. The summed E-state index contributed by atoms with van der Waals surface area (Å²) in [5.74, 6) is -1.61. The van der Waals surface area contributed by atoms with Crippen molar-refractivity contribution in [2.24, 2.45) is 0 Å². The summed E-state index contributed by atoms with van der Waals surface area (Å²) < 4.78 is 44.1. The van der Waals surface area contributed by atoms with Gasteiger partial charge in [0.15, 0.2) is 5.82 Å². The highest BCUT2D eigenvalue weighted by atomic mass is 127. The summed E-state index contributed by atoms with van der Waals surface area (Å²) in [5.41, 5.74) is 0.0329. The Bertz CT molecular complexity index is 1420. The summed E-state index contributed by atoms with van der Waals surface area (Å²) in [4.78, 5) is 29.4. The van der Waals surface area contributed by atoms with Crippen LogP contribution in [-0.2, 0) is 15.9 Å². The fourth-order valence-electron chi connectivity index (χ4n) is 5.31. The number of nitrogens with zero attached hydrogens (tertiary/aromatic N) is 2. The van der Waals surface area contributed by atoms with Crippen molar-refractivity contribution in [2.45, 2.75) is 97.4 Å². The molecule has 1 amide bonds. The van der Waals surface area contributed by atoms with E-state index in [9.17, 15) is 14.0 Å². The molecule has 0 aliphatic carbocycles. The molecule has 2 heterocycles. The number of rotatable bonds is 4. The average molecular weight is 667 g/mol. The first-order chi connectivity index (χ1) is 18.6. The first-order valence-electron chi connectivity index (χ1n) is 13.6. The summed E-state index contributed by atoms with van der Waals surface area (Å²) in [6.07, 6.45) is 1.39. The molecule has 1 aliphatic rings. The molecule has 0 saturated carbocycles. The Morgan fingerprint density at radius 3 is 2.15 bits per heavy atom.